The van der Waals surface area contributed by atoms with Crippen LogP contribution in [0.5, 0.6) is 0 Å². The summed E-state index contributed by atoms with van der Waals surface area (Å²) in [5.74, 6) is -1.11. The number of hydrogen-bond donors (Lipinski definition) is 0. The second-order valence-corrected chi connectivity index (χ2v) is 5.16. The van der Waals surface area contributed by atoms with Crippen molar-refractivity contribution in [2.24, 2.45) is 0 Å². The highest BCUT2D eigenvalue weighted by atomic mass is 19.1. The van der Waals surface area contributed by atoms with Gasteiger partial charge in [-0.05, 0) is 47.5 Å². The zero-order chi connectivity index (χ0) is 17.1. The summed E-state index contributed by atoms with van der Waals surface area (Å²) < 4.78 is 28.9. The largest absolute Gasteiger partial charge is 0.206 e. The van der Waals surface area contributed by atoms with Crippen LogP contribution in [-0.4, -0.2) is 0 Å². The highest BCUT2D eigenvalue weighted by molar-refractivity contribution is 5.84. The predicted octanol–water partition coefficient (Wildman–Crippen LogP) is 5.04. The average molecular weight is 316 g/mol. The summed E-state index contributed by atoms with van der Waals surface area (Å²) in [5, 5.41) is 17.7. The lowest BCUT2D eigenvalue weighted by atomic mass is 9.92. The summed E-state index contributed by atoms with van der Waals surface area (Å²) in [5.41, 5.74) is 2.09. The van der Waals surface area contributed by atoms with Gasteiger partial charge < -0.3 is 0 Å². The molecule has 0 atom stereocenters. The van der Waals surface area contributed by atoms with Crippen LogP contribution in [0.1, 0.15) is 11.1 Å². The van der Waals surface area contributed by atoms with Crippen LogP contribution in [0.4, 0.5) is 8.78 Å². The van der Waals surface area contributed by atoms with Crippen molar-refractivity contribution in [2.45, 2.75) is 0 Å². The first kappa shape index (κ1) is 15.4. The van der Waals surface area contributed by atoms with E-state index in [1.807, 2.05) is 12.1 Å². The number of nitriles is 2. The zero-order valence-corrected chi connectivity index (χ0v) is 12.4. The summed E-state index contributed by atoms with van der Waals surface area (Å²) in [6, 6.07) is 18.7. The normalized spacial score (nSPS) is 10.0. The van der Waals surface area contributed by atoms with Gasteiger partial charge in [0.1, 0.15) is 11.6 Å². The topological polar surface area (TPSA) is 47.6 Å². The van der Waals surface area contributed by atoms with Crippen LogP contribution in [0.25, 0.3) is 22.3 Å². The van der Waals surface area contributed by atoms with Crippen molar-refractivity contribution in [2.75, 3.05) is 0 Å². The summed E-state index contributed by atoms with van der Waals surface area (Å²) in [7, 11) is 0. The summed E-state index contributed by atoms with van der Waals surface area (Å²) in [4.78, 5) is 0. The summed E-state index contributed by atoms with van der Waals surface area (Å²) in [6.45, 7) is 0. The maximum Gasteiger partial charge on any atom is 0.131 e. The molecule has 0 spiro atoms. The number of nitrogens with zero attached hydrogens (tertiary/aromatic N) is 2. The van der Waals surface area contributed by atoms with Crippen LogP contribution in [-0.2, 0) is 0 Å². The van der Waals surface area contributed by atoms with E-state index in [2.05, 4.69) is 0 Å². The summed E-state index contributed by atoms with van der Waals surface area (Å²) >= 11 is 0. The number of rotatable bonds is 2. The maximum absolute atomic E-state index is 14.4. The van der Waals surface area contributed by atoms with E-state index < -0.39 is 11.6 Å². The molecule has 24 heavy (non-hydrogen) atoms. The molecular weight excluding hydrogens is 306 g/mol. The van der Waals surface area contributed by atoms with Crippen molar-refractivity contribution in [1.82, 2.24) is 0 Å². The van der Waals surface area contributed by atoms with E-state index in [1.165, 1.54) is 0 Å². The zero-order valence-electron chi connectivity index (χ0n) is 12.4. The van der Waals surface area contributed by atoms with Crippen molar-refractivity contribution < 1.29 is 8.78 Å². The van der Waals surface area contributed by atoms with Gasteiger partial charge in [-0.3, -0.25) is 0 Å². The Morgan fingerprint density at radius 3 is 1.17 bits per heavy atom. The fraction of sp³-hybridized carbons (Fsp3) is 0. The van der Waals surface area contributed by atoms with Crippen molar-refractivity contribution in [3.8, 4) is 34.4 Å². The first-order valence-electron chi connectivity index (χ1n) is 7.13. The highest BCUT2D eigenvalue weighted by Crippen LogP contribution is 2.36. The van der Waals surface area contributed by atoms with Crippen LogP contribution in [0.3, 0.4) is 0 Å². The molecule has 0 N–H and O–H groups in total. The first-order chi connectivity index (χ1) is 11.6. The second-order valence-electron chi connectivity index (χ2n) is 5.16. The molecule has 0 heterocycles. The molecule has 3 aromatic rings. The predicted molar refractivity (Wildman–Crippen MR) is 86.7 cm³/mol. The Balaban J connectivity index is 2.23. The molecule has 0 saturated heterocycles. The van der Waals surface area contributed by atoms with E-state index in [9.17, 15) is 8.78 Å². The lowest BCUT2D eigenvalue weighted by molar-refractivity contribution is 0.606. The molecule has 0 aliphatic carbocycles. The van der Waals surface area contributed by atoms with Crippen LogP contribution in [0, 0.1) is 34.3 Å². The van der Waals surface area contributed by atoms with Crippen molar-refractivity contribution >= 4 is 0 Å². The molecule has 0 aliphatic heterocycles. The molecular formula is C20H10F2N2. The van der Waals surface area contributed by atoms with Gasteiger partial charge in [0, 0.05) is 11.1 Å². The van der Waals surface area contributed by atoms with E-state index in [0.29, 0.717) is 22.3 Å². The number of halogens is 2. The SMILES string of the molecule is N#Cc1ccc(-c2c(F)ccc(F)c2-c2ccc(C#N)cc2)cc1. The minimum atomic E-state index is -0.555. The fourth-order valence-electron chi connectivity index (χ4n) is 2.54. The Labute approximate surface area is 137 Å². The first-order valence-corrected chi connectivity index (χ1v) is 7.13. The van der Waals surface area contributed by atoms with Gasteiger partial charge in [0.05, 0.1) is 23.3 Å². The number of benzene rings is 3. The van der Waals surface area contributed by atoms with E-state index in [0.717, 1.165) is 12.1 Å². The third-order valence-corrected chi connectivity index (χ3v) is 3.71. The van der Waals surface area contributed by atoms with Crippen LogP contribution in [0.2, 0.25) is 0 Å². The Morgan fingerprint density at radius 2 is 0.875 bits per heavy atom. The van der Waals surface area contributed by atoms with Gasteiger partial charge in [-0.25, -0.2) is 8.78 Å². The average Bonchev–Trinajstić information content (AvgIpc) is 2.63. The molecule has 0 radical (unpaired) electrons. The van der Waals surface area contributed by atoms with Gasteiger partial charge >= 0.3 is 0 Å². The van der Waals surface area contributed by atoms with Gasteiger partial charge in [-0.2, -0.15) is 10.5 Å². The van der Waals surface area contributed by atoms with Crippen molar-refractivity contribution in [3.05, 3.63) is 83.4 Å². The molecule has 0 saturated carbocycles. The fourth-order valence-corrected chi connectivity index (χ4v) is 2.54. The smallest absolute Gasteiger partial charge is 0.131 e. The van der Waals surface area contributed by atoms with Gasteiger partial charge in [0.25, 0.3) is 0 Å². The molecule has 0 aliphatic rings. The third-order valence-electron chi connectivity index (χ3n) is 3.71. The third kappa shape index (κ3) is 2.74. The quantitative estimate of drug-likeness (QED) is 0.665. The molecule has 3 rings (SSSR count). The molecule has 0 amide bonds. The molecule has 0 aromatic heterocycles. The second kappa shape index (κ2) is 6.32. The highest BCUT2D eigenvalue weighted by Gasteiger charge is 2.17. The molecule has 2 nitrogen and oxygen atoms in total. The van der Waals surface area contributed by atoms with Crippen molar-refractivity contribution in [3.63, 3.8) is 0 Å². The van der Waals surface area contributed by atoms with Crippen LogP contribution >= 0.6 is 0 Å². The Morgan fingerprint density at radius 1 is 0.542 bits per heavy atom. The molecule has 4 heteroatoms. The van der Waals surface area contributed by atoms with Crippen LogP contribution in [0.15, 0.2) is 60.7 Å². The molecule has 0 bridgehead atoms. The van der Waals surface area contributed by atoms with E-state index in [4.69, 9.17) is 10.5 Å². The Kier molecular flexibility index (Phi) is 4.05. The van der Waals surface area contributed by atoms with Crippen molar-refractivity contribution in [1.29, 1.82) is 10.5 Å². The van der Waals surface area contributed by atoms with Gasteiger partial charge in [0.15, 0.2) is 0 Å². The van der Waals surface area contributed by atoms with Gasteiger partial charge in [-0.15, -0.1) is 0 Å². The van der Waals surface area contributed by atoms with E-state index in [-0.39, 0.29) is 11.1 Å². The monoisotopic (exact) mass is 316 g/mol. The minimum Gasteiger partial charge on any atom is -0.206 e. The molecule has 114 valence electrons. The van der Waals surface area contributed by atoms with Gasteiger partial charge in [0.2, 0.25) is 0 Å². The molecule has 3 aromatic carbocycles. The molecule has 0 fully saturated rings. The maximum atomic E-state index is 14.4. The standard InChI is InChI=1S/C20H10F2N2/c21-17-9-10-18(22)20(16-7-3-14(12-24)4-8-16)19(17)15-5-1-13(11-23)2-6-15/h1-10H. The van der Waals surface area contributed by atoms with E-state index in [1.54, 1.807) is 48.5 Å². The lowest BCUT2D eigenvalue weighted by Gasteiger charge is -2.13. The Bertz CT molecular complexity index is 894. The summed E-state index contributed by atoms with van der Waals surface area (Å²) in [6.07, 6.45) is 0. The van der Waals surface area contributed by atoms with Gasteiger partial charge in [-0.1, -0.05) is 24.3 Å². The van der Waals surface area contributed by atoms with Crippen LogP contribution < -0.4 is 0 Å². The minimum absolute atomic E-state index is 0.129. The van der Waals surface area contributed by atoms with E-state index >= 15 is 0 Å². The molecule has 0 unspecified atom stereocenters. The number of hydrogen-bond acceptors (Lipinski definition) is 2. The lowest BCUT2D eigenvalue weighted by Crippen LogP contribution is -1.94. The Hall–Kier alpha value is -3.50.